The van der Waals surface area contributed by atoms with Crippen LogP contribution in [0.25, 0.3) is 4.85 Å². The maximum atomic E-state index is 11.0. The molecule has 0 amide bonds. The van der Waals surface area contributed by atoms with Gasteiger partial charge in [-0.3, -0.25) is 19.6 Å². The maximum absolute atomic E-state index is 11.0. The van der Waals surface area contributed by atoms with Gasteiger partial charge in [0.1, 0.15) is 0 Å². The predicted octanol–water partition coefficient (Wildman–Crippen LogP) is 25.8. The molecule has 0 aliphatic heterocycles. The first-order valence-electron chi connectivity index (χ1n) is 47.5. The minimum absolute atomic E-state index is 0.236. The van der Waals surface area contributed by atoms with Gasteiger partial charge < -0.3 is 4.85 Å². The number of hydrogen-bond acceptors (Lipinski definition) is 5. The van der Waals surface area contributed by atoms with E-state index in [1.54, 1.807) is 0 Å². The van der Waals surface area contributed by atoms with Gasteiger partial charge in [-0.25, -0.2) is 6.57 Å². The van der Waals surface area contributed by atoms with Gasteiger partial charge in [-0.2, -0.15) is 5.26 Å². The number of nitrogens with zero attached hydrogens (tertiary/aromatic N) is 6. The van der Waals surface area contributed by atoms with Crippen LogP contribution in [-0.4, -0.2) is 98.1 Å². The fraction of sp³-hybridized carbons (Fsp3) is 0.980. The molecule has 104 heavy (non-hydrogen) atoms. The number of rotatable bonds is 14. The topological polar surface area (TPSA) is 41.1 Å². The second-order valence-electron chi connectivity index (χ2n) is 46.5. The first kappa shape index (κ1) is 79.5. The molecule has 0 saturated heterocycles. The van der Waals surface area contributed by atoms with Crippen LogP contribution in [0, 0.1) is 152 Å². The Hall–Kier alpha value is -1.18. The van der Waals surface area contributed by atoms with Gasteiger partial charge in [0.25, 0.3) is 0 Å². The second-order valence-corrected chi connectivity index (χ2v) is 46.5. The molecule has 0 N–H and O–H groups in total. The van der Waals surface area contributed by atoms with Gasteiger partial charge in [0.15, 0.2) is 0 Å². The summed E-state index contributed by atoms with van der Waals surface area (Å²) < 4.78 is 0. The largest absolute Gasteiger partial charge is 0.314 e. The maximum Gasteiger partial charge on any atom is 0.223 e. The van der Waals surface area contributed by atoms with E-state index in [0.717, 1.165) is 156 Å². The Morgan fingerprint density at radius 1 is 0.269 bits per heavy atom. The molecule has 0 spiro atoms. The molecule has 14 saturated carbocycles. The molecule has 0 bridgehead atoms. The van der Waals surface area contributed by atoms with Crippen molar-refractivity contribution in [3.05, 3.63) is 11.4 Å². The Labute approximate surface area is 644 Å². The minimum Gasteiger partial charge on any atom is -0.314 e. The molecule has 14 fully saturated rings. The SMILES string of the molecule is [C-]#[N+]C1CCC(C2CC3C4C5C(CC(C6CCC(C#N)CC6)C4C(N(C4CCC(C)CC4)C4CCC(C(C)(C)C)CC4)CC3N(C3CCC(C)CC3)C3CCC(C(C)(C)C)CC3)C(N(C3CCC(C)CC3)C3CCC(C(C)(C)C)CC3)CC(N(C3CCC(C)CC3)C3CCC(C(C)(C)C)CC3)C25)CC1. The summed E-state index contributed by atoms with van der Waals surface area (Å²) in [6.45, 7) is 50.6. The minimum atomic E-state index is 0.236. The van der Waals surface area contributed by atoms with Crippen molar-refractivity contribution in [2.24, 2.45) is 134 Å². The molecule has 14 rings (SSSR count). The average molecular weight is 1430 g/mol. The molecule has 0 aromatic carbocycles. The summed E-state index contributed by atoms with van der Waals surface area (Å²) in [6, 6.07) is 11.6. The van der Waals surface area contributed by atoms with Crippen molar-refractivity contribution in [2.75, 3.05) is 0 Å². The lowest BCUT2D eigenvalue weighted by molar-refractivity contribution is -0.235. The van der Waals surface area contributed by atoms with Gasteiger partial charge in [-0.15, -0.1) is 0 Å². The normalized spacial score (nSPS) is 46.8. The van der Waals surface area contributed by atoms with Crippen LogP contribution in [0.1, 0.15) is 393 Å². The van der Waals surface area contributed by atoms with Crippen LogP contribution in [0.3, 0.4) is 0 Å². The molecule has 6 heteroatoms. The van der Waals surface area contributed by atoms with Crippen LogP contribution in [0.2, 0.25) is 0 Å². The third-order valence-corrected chi connectivity index (χ3v) is 36.9. The summed E-state index contributed by atoms with van der Waals surface area (Å²) in [5.74, 6) is 14.6. The lowest BCUT2D eigenvalue weighted by Crippen LogP contribution is -2.75. The summed E-state index contributed by atoms with van der Waals surface area (Å²) in [5.41, 5.74) is 1.49. The van der Waals surface area contributed by atoms with Crippen LogP contribution in [-0.2, 0) is 0 Å². The van der Waals surface area contributed by atoms with Crippen molar-refractivity contribution in [1.82, 2.24) is 19.6 Å². The van der Waals surface area contributed by atoms with Crippen LogP contribution >= 0.6 is 0 Å². The quantitative estimate of drug-likeness (QED) is 0.162. The average Bonchev–Trinajstić information content (AvgIpc) is 0.685. The zero-order valence-electron chi connectivity index (χ0n) is 71.3. The summed E-state index contributed by atoms with van der Waals surface area (Å²) in [7, 11) is 0. The first-order valence-corrected chi connectivity index (χ1v) is 47.5. The molecule has 0 aromatic heterocycles. The predicted molar refractivity (Wildman–Crippen MR) is 439 cm³/mol. The molecule has 14 aliphatic carbocycles. The van der Waals surface area contributed by atoms with Crippen molar-refractivity contribution in [1.29, 1.82) is 5.26 Å². The van der Waals surface area contributed by atoms with Gasteiger partial charge in [0.2, 0.25) is 6.04 Å². The molecule has 12 unspecified atom stereocenters. The Kier molecular flexibility index (Phi) is 25.3. The van der Waals surface area contributed by atoms with Gasteiger partial charge in [-0.05, 0) is 398 Å². The third-order valence-electron chi connectivity index (χ3n) is 36.9. The van der Waals surface area contributed by atoms with E-state index in [-0.39, 0.29) is 12.0 Å². The Balaban J connectivity index is 1.01. The highest BCUT2D eigenvalue weighted by molar-refractivity contribution is 5.21. The van der Waals surface area contributed by atoms with Crippen molar-refractivity contribution < 1.29 is 0 Å². The monoisotopic (exact) mass is 1430 g/mol. The highest BCUT2D eigenvalue weighted by atomic mass is 15.3. The smallest absolute Gasteiger partial charge is 0.223 e. The molecule has 0 aromatic rings. The first-order chi connectivity index (χ1) is 49.6. The zero-order chi connectivity index (χ0) is 73.3. The summed E-state index contributed by atoms with van der Waals surface area (Å²) in [5, 5.41) is 11.0. The summed E-state index contributed by atoms with van der Waals surface area (Å²) in [6.07, 6.45) is 61.8. The molecule has 590 valence electrons. The second kappa shape index (κ2) is 33.1. The fourth-order valence-electron chi connectivity index (χ4n) is 30.7. The van der Waals surface area contributed by atoms with Crippen molar-refractivity contribution in [2.45, 2.75) is 472 Å². The van der Waals surface area contributed by atoms with Crippen LogP contribution < -0.4 is 0 Å². The highest BCUT2D eigenvalue weighted by Gasteiger charge is 2.69. The molecule has 12 atom stereocenters. The molecule has 6 nitrogen and oxygen atoms in total. The fourth-order valence-corrected chi connectivity index (χ4v) is 30.7. The Morgan fingerprint density at radius 3 is 0.731 bits per heavy atom. The van der Waals surface area contributed by atoms with Crippen molar-refractivity contribution in [3.63, 3.8) is 0 Å². The number of nitriles is 1. The lowest BCUT2D eigenvalue weighted by Gasteiger charge is -2.73. The van der Waals surface area contributed by atoms with Crippen molar-refractivity contribution in [3.8, 4) is 6.07 Å². The summed E-state index contributed by atoms with van der Waals surface area (Å²) >= 11 is 0. The van der Waals surface area contributed by atoms with Gasteiger partial charge in [-0.1, -0.05) is 111 Å². The van der Waals surface area contributed by atoms with Crippen LogP contribution in [0.5, 0.6) is 0 Å². The van der Waals surface area contributed by atoms with E-state index in [2.05, 4.69) is 141 Å². The van der Waals surface area contributed by atoms with Crippen LogP contribution in [0.15, 0.2) is 0 Å². The van der Waals surface area contributed by atoms with Gasteiger partial charge >= 0.3 is 0 Å². The van der Waals surface area contributed by atoms with E-state index in [1.807, 2.05) is 0 Å². The molecular weight excluding hydrogens is 1260 g/mol. The number of hydrogen-bond donors (Lipinski definition) is 0. The van der Waals surface area contributed by atoms with E-state index in [1.165, 1.54) is 257 Å². The standard InChI is InChI=1S/C98H168N6/c1-63-18-42-75(43-19-63)101(79-50-32-70(33-51-79)95(5,6)7)87-61-90(104(78-48-24-66(4)25-49-78)82-56-38-73(39-57-82)98(14,15)16)92-84(69-30-40-74(100-17)41-31-69)59-86-88(102(76-44-20-64(2)21-45-76)80-52-34-71(35-53-80)96(8,9)10)60-89(91-83(58-85(87)94(92)93(86)91)68-28-26-67(62-99)27-29-68)103(77-46-22-65(3)23-47-77)81-54-36-72(37-55-81)97(11,12)13/h63-94H,18-61H2,1-16H3. The third kappa shape index (κ3) is 17.0. The highest BCUT2D eigenvalue weighted by Crippen LogP contribution is 2.70. The van der Waals surface area contributed by atoms with E-state index >= 15 is 0 Å². The lowest BCUT2D eigenvalue weighted by atomic mass is 9.38. The molecule has 0 radical (unpaired) electrons. The van der Waals surface area contributed by atoms with Gasteiger partial charge in [0, 0.05) is 91.3 Å². The van der Waals surface area contributed by atoms with Crippen molar-refractivity contribution >= 4 is 0 Å². The Morgan fingerprint density at radius 2 is 0.500 bits per heavy atom. The Bertz CT molecular complexity index is 2550. The summed E-state index contributed by atoms with van der Waals surface area (Å²) in [4.78, 5) is 19.1. The zero-order valence-corrected chi connectivity index (χ0v) is 71.3. The van der Waals surface area contributed by atoms with E-state index in [9.17, 15) is 5.26 Å². The molecular formula is C98H168N6. The van der Waals surface area contributed by atoms with E-state index in [0.29, 0.717) is 70.0 Å². The molecule has 14 aliphatic rings. The van der Waals surface area contributed by atoms with Crippen LogP contribution in [0.4, 0.5) is 0 Å². The van der Waals surface area contributed by atoms with E-state index < -0.39 is 0 Å². The van der Waals surface area contributed by atoms with E-state index in [4.69, 9.17) is 6.57 Å². The molecule has 0 heterocycles. The van der Waals surface area contributed by atoms with Gasteiger partial charge in [0.05, 0.1) is 6.07 Å².